The smallest absolute Gasteiger partial charge is 0.161 e. The molecular weight excluding hydrogens is 186 g/mol. The van der Waals surface area contributed by atoms with E-state index in [1.807, 2.05) is 13.0 Å². The molecule has 2 atom stereocenters. The van der Waals surface area contributed by atoms with E-state index in [0.29, 0.717) is 23.0 Å². The summed E-state index contributed by atoms with van der Waals surface area (Å²) in [6, 6.07) is 0. The van der Waals surface area contributed by atoms with Gasteiger partial charge in [-0.2, -0.15) is 0 Å². The topological polar surface area (TPSA) is 29.1 Å². The Morgan fingerprint density at radius 1 is 1.67 bits per heavy atom. The van der Waals surface area contributed by atoms with Crippen LogP contribution in [-0.2, 0) is 4.79 Å². The van der Waals surface area contributed by atoms with Crippen LogP contribution in [0.15, 0.2) is 23.9 Å². The van der Waals surface area contributed by atoms with Gasteiger partial charge in [-0.05, 0) is 24.2 Å². The molecule has 2 aliphatic carbocycles. The number of Topliss-reactive ketones (excluding diaryl/α,β-unsaturated/α-hetero) is 1. The van der Waals surface area contributed by atoms with E-state index in [4.69, 9.17) is 0 Å². The van der Waals surface area contributed by atoms with Crippen LogP contribution < -0.4 is 5.32 Å². The van der Waals surface area contributed by atoms with E-state index >= 15 is 0 Å². The summed E-state index contributed by atoms with van der Waals surface area (Å²) in [5.41, 5.74) is 2.45. The van der Waals surface area contributed by atoms with Gasteiger partial charge in [-0.15, -0.1) is 6.58 Å². The molecule has 0 spiro atoms. The molecule has 0 radical (unpaired) electrons. The highest BCUT2D eigenvalue weighted by Gasteiger charge is 2.65. The Bertz CT molecular complexity index is 352. The fraction of sp³-hybridized carbons (Fsp3) is 0.615. The summed E-state index contributed by atoms with van der Waals surface area (Å²) >= 11 is 0. The fourth-order valence-corrected chi connectivity index (χ4v) is 2.94. The lowest BCUT2D eigenvalue weighted by Gasteiger charge is -2.13. The number of allylic oxidation sites excluding steroid dienone is 2. The number of rotatable bonds is 3. The van der Waals surface area contributed by atoms with Crippen molar-refractivity contribution in [3.8, 4) is 0 Å². The van der Waals surface area contributed by atoms with Gasteiger partial charge in [0.25, 0.3) is 0 Å². The molecule has 2 fully saturated rings. The number of carbonyl (C=O) groups excluding carboxylic acids is 1. The van der Waals surface area contributed by atoms with Crippen LogP contribution in [-0.4, -0.2) is 12.3 Å². The Kier molecular flexibility index (Phi) is 2.25. The van der Waals surface area contributed by atoms with E-state index in [-0.39, 0.29) is 0 Å². The third-order valence-corrected chi connectivity index (χ3v) is 3.98. The third-order valence-electron chi connectivity index (χ3n) is 3.98. The minimum Gasteiger partial charge on any atom is -0.385 e. The van der Waals surface area contributed by atoms with Crippen LogP contribution >= 0.6 is 0 Å². The molecule has 0 aromatic rings. The minimum atomic E-state index is 0.346. The summed E-state index contributed by atoms with van der Waals surface area (Å²) in [4.78, 5) is 11.8. The van der Waals surface area contributed by atoms with Crippen molar-refractivity contribution in [3.63, 3.8) is 0 Å². The quantitative estimate of drug-likeness (QED) is 0.565. The molecule has 2 aliphatic rings. The van der Waals surface area contributed by atoms with E-state index in [1.165, 1.54) is 0 Å². The third kappa shape index (κ3) is 1.43. The summed E-state index contributed by atoms with van der Waals surface area (Å²) in [7, 11) is 0. The van der Waals surface area contributed by atoms with Gasteiger partial charge < -0.3 is 5.32 Å². The maximum absolute atomic E-state index is 11.8. The molecule has 2 rings (SSSR count). The van der Waals surface area contributed by atoms with E-state index < -0.39 is 0 Å². The first-order valence-electron chi connectivity index (χ1n) is 5.59. The average molecular weight is 205 g/mol. The SMILES string of the molecule is C=CCNC(C)=C1C(=O)C[C@@H]2[C@H]1C2(C)C. The van der Waals surface area contributed by atoms with Crippen molar-refractivity contribution in [1.82, 2.24) is 5.32 Å². The Morgan fingerprint density at radius 2 is 2.33 bits per heavy atom. The molecule has 0 aliphatic heterocycles. The van der Waals surface area contributed by atoms with Crippen molar-refractivity contribution in [1.29, 1.82) is 0 Å². The molecule has 15 heavy (non-hydrogen) atoms. The predicted molar refractivity (Wildman–Crippen MR) is 61.3 cm³/mol. The first kappa shape index (κ1) is 10.5. The highest BCUT2D eigenvalue weighted by Crippen LogP contribution is 2.68. The van der Waals surface area contributed by atoms with Crippen molar-refractivity contribution in [2.45, 2.75) is 27.2 Å². The lowest BCUT2D eigenvalue weighted by atomic mass is 9.95. The Balaban J connectivity index is 2.20. The van der Waals surface area contributed by atoms with Crippen molar-refractivity contribution < 1.29 is 4.79 Å². The molecule has 0 saturated heterocycles. The van der Waals surface area contributed by atoms with Crippen LogP contribution in [0.3, 0.4) is 0 Å². The second-order valence-electron chi connectivity index (χ2n) is 5.24. The van der Waals surface area contributed by atoms with Gasteiger partial charge in [0.1, 0.15) is 0 Å². The van der Waals surface area contributed by atoms with Crippen LogP contribution in [0.4, 0.5) is 0 Å². The largest absolute Gasteiger partial charge is 0.385 e. The van der Waals surface area contributed by atoms with E-state index in [9.17, 15) is 4.79 Å². The molecule has 1 N–H and O–H groups in total. The normalized spacial score (nSPS) is 34.7. The minimum absolute atomic E-state index is 0.346. The first-order valence-corrected chi connectivity index (χ1v) is 5.59. The van der Waals surface area contributed by atoms with Crippen molar-refractivity contribution in [3.05, 3.63) is 23.9 Å². The molecule has 0 unspecified atom stereocenters. The van der Waals surface area contributed by atoms with Gasteiger partial charge in [0.15, 0.2) is 5.78 Å². The maximum atomic E-state index is 11.8. The van der Waals surface area contributed by atoms with Crippen molar-refractivity contribution in [2.24, 2.45) is 17.3 Å². The zero-order valence-corrected chi connectivity index (χ0v) is 9.76. The predicted octanol–water partition coefficient (Wildman–Crippen LogP) is 2.28. The zero-order valence-electron chi connectivity index (χ0n) is 9.76. The summed E-state index contributed by atoms with van der Waals surface area (Å²) in [6.07, 6.45) is 2.57. The van der Waals surface area contributed by atoms with Crippen LogP contribution in [0, 0.1) is 17.3 Å². The molecular formula is C13H19NO. The van der Waals surface area contributed by atoms with Gasteiger partial charge in [0.2, 0.25) is 0 Å². The molecule has 2 heteroatoms. The van der Waals surface area contributed by atoms with Gasteiger partial charge in [0, 0.05) is 24.2 Å². The fourth-order valence-electron chi connectivity index (χ4n) is 2.94. The number of ketones is 1. The Morgan fingerprint density at radius 3 is 2.87 bits per heavy atom. The average Bonchev–Trinajstić information content (AvgIpc) is 2.59. The second kappa shape index (κ2) is 3.22. The molecule has 82 valence electrons. The van der Waals surface area contributed by atoms with Gasteiger partial charge in [-0.25, -0.2) is 0 Å². The molecule has 0 aromatic carbocycles. The summed E-state index contributed by atoms with van der Waals surface area (Å²) in [5, 5.41) is 3.24. The van der Waals surface area contributed by atoms with Crippen LogP contribution in [0.5, 0.6) is 0 Å². The summed E-state index contributed by atoms with van der Waals surface area (Å²) in [6.45, 7) is 10.9. The number of hydrogen-bond acceptors (Lipinski definition) is 2. The van der Waals surface area contributed by atoms with Gasteiger partial charge in [-0.3, -0.25) is 4.79 Å². The Hall–Kier alpha value is -1.05. The van der Waals surface area contributed by atoms with Crippen molar-refractivity contribution >= 4 is 5.78 Å². The molecule has 2 nitrogen and oxygen atoms in total. The zero-order chi connectivity index (χ0) is 11.2. The van der Waals surface area contributed by atoms with E-state index in [1.54, 1.807) is 0 Å². The summed E-state index contributed by atoms with van der Waals surface area (Å²) < 4.78 is 0. The molecule has 0 heterocycles. The van der Waals surface area contributed by atoms with Gasteiger partial charge >= 0.3 is 0 Å². The van der Waals surface area contributed by atoms with E-state index in [2.05, 4.69) is 25.7 Å². The maximum Gasteiger partial charge on any atom is 0.161 e. The van der Waals surface area contributed by atoms with Crippen LogP contribution in [0.2, 0.25) is 0 Å². The molecule has 2 saturated carbocycles. The standard InChI is InChI=1S/C13H19NO/c1-5-6-14-8(2)11-10(15)7-9-12(11)13(9,3)4/h5,9,12,14H,1,6-7H2,2-4H3/t9-,12-/m1/s1. The van der Waals surface area contributed by atoms with Gasteiger partial charge in [0.05, 0.1) is 0 Å². The number of carbonyl (C=O) groups is 1. The lowest BCUT2D eigenvalue weighted by Crippen LogP contribution is -2.18. The van der Waals surface area contributed by atoms with Crippen LogP contribution in [0.25, 0.3) is 0 Å². The molecule has 0 bridgehead atoms. The first-order chi connectivity index (χ1) is 7.00. The van der Waals surface area contributed by atoms with Gasteiger partial charge in [-0.1, -0.05) is 19.9 Å². The van der Waals surface area contributed by atoms with E-state index in [0.717, 1.165) is 24.2 Å². The number of nitrogens with one attached hydrogen (secondary N) is 1. The summed E-state index contributed by atoms with van der Waals surface area (Å²) in [5.74, 6) is 1.45. The second-order valence-corrected chi connectivity index (χ2v) is 5.24. The Labute approximate surface area is 91.4 Å². The van der Waals surface area contributed by atoms with Crippen LogP contribution in [0.1, 0.15) is 27.2 Å². The highest BCUT2D eigenvalue weighted by atomic mass is 16.1. The van der Waals surface area contributed by atoms with Crippen molar-refractivity contribution in [2.75, 3.05) is 6.54 Å². The highest BCUT2D eigenvalue weighted by molar-refractivity contribution is 6.01. The number of hydrogen-bond donors (Lipinski definition) is 1. The molecule has 0 aromatic heterocycles. The lowest BCUT2D eigenvalue weighted by molar-refractivity contribution is -0.115. The molecule has 0 amide bonds. The monoisotopic (exact) mass is 205 g/mol. The number of fused-ring (bicyclic) bond motifs is 1.